The molecule has 0 bridgehead atoms. The standard InChI is InChI=1S/C7H9FO/c1-7(8)4-2-3-6(9)5-7/h2-4,9H,5H2,1H3. The van der Waals surface area contributed by atoms with Crippen molar-refractivity contribution in [3.05, 3.63) is 24.0 Å². The molecule has 1 aliphatic rings. The van der Waals surface area contributed by atoms with Crippen LogP contribution in [0.3, 0.4) is 0 Å². The normalized spacial score (nSPS) is 34.2. The molecule has 0 spiro atoms. The van der Waals surface area contributed by atoms with Gasteiger partial charge in [0.25, 0.3) is 0 Å². The van der Waals surface area contributed by atoms with Crippen LogP contribution in [0.2, 0.25) is 0 Å². The third-order valence-corrected chi connectivity index (χ3v) is 1.26. The van der Waals surface area contributed by atoms with Crippen molar-refractivity contribution in [1.82, 2.24) is 0 Å². The summed E-state index contributed by atoms with van der Waals surface area (Å²) in [6.07, 6.45) is 4.57. The first-order valence-electron chi connectivity index (χ1n) is 2.86. The molecule has 1 aliphatic carbocycles. The smallest absolute Gasteiger partial charge is 0.133 e. The van der Waals surface area contributed by atoms with Gasteiger partial charge in [-0.3, -0.25) is 0 Å². The zero-order chi connectivity index (χ0) is 6.91. The third-order valence-electron chi connectivity index (χ3n) is 1.26. The zero-order valence-electron chi connectivity index (χ0n) is 5.26. The minimum Gasteiger partial charge on any atom is -0.512 e. The van der Waals surface area contributed by atoms with E-state index in [0.717, 1.165) is 0 Å². The van der Waals surface area contributed by atoms with Crippen LogP contribution in [-0.4, -0.2) is 10.8 Å². The molecule has 0 heterocycles. The summed E-state index contributed by atoms with van der Waals surface area (Å²) in [4.78, 5) is 0. The number of aliphatic hydroxyl groups excluding tert-OH is 1. The Bertz CT molecular complexity index is 168. The van der Waals surface area contributed by atoms with Crippen LogP contribution in [0.15, 0.2) is 24.0 Å². The average molecular weight is 128 g/mol. The summed E-state index contributed by atoms with van der Waals surface area (Å²) in [6, 6.07) is 0. The van der Waals surface area contributed by atoms with E-state index in [0.29, 0.717) is 0 Å². The second-order valence-corrected chi connectivity index (χ2v) is 2.47. The van der Waals surface area contributed by atoms with Crippen LogP contribution in [0.25, 0.3) is 0 Å². The van der Waals surface area contributed by atoms with Crippen molar-refractivity contribution in [2.45, 2.75) is 19.0 Å². The van der Waals surface area contributed by atoms with Crippen LogP contribution in [0.1, 0.15) is 13.3 Å². The summed E-state index contributed by atoms with van der Waals surface area (Å²) in [5, 5.41) is 8.81. The van der Waals surface area contributed by atoms with Gasteiger partial charge in [0, 0.05) is 6.42 Å². The van der Waals surface area contributed by atoms with E-state index in [-0.39, 0.29) is 12.2 Å². The van der Waals surface area contributed by atoms with E-state index >= 15 is 0 Å². The number of aliphatic hydroxyl groups is 1. The van der Waals surface area contributed by atoms with E-state index in [1.165, 1.54) is 25.2 Å². The lowest BCUT2D eigenvalue weighted by Gasteiger charge is -2.17. The predicted molar refractivity (Wildman–Crippen MR) is 34.0 cm³/mol. The number of hydrogen-bond donors (Lipinski definition) is 1. The molecular weight excluding hydrogens is 119 g/mol. The van der Waals surface area contributed by atoms with Crippen molar-refractivity contribution in [3.8, 4) is 0 Å². The fourth-order valence-corrected chi connectivity index (χ4v) is 0.832. The van der Waals surface area contributed by atoms with Gasteiger partial charge in [-0.1, -0.05) is 6.08 Å². The molecule has 0 fully saturated rings. The zero-order valence-corrected chi connectivity index (χ0v) is 5.26. The number of hydrogen-bond acceptors (Lipinski definition) is 1. The van der Waals surface area contributed by atoms with Crippen LogP contribution in [0.4, 0.5) is 4.39 Å². The second-order valence-electron chi connectivity index (χ2n) is 2.47. The highest BCUT2D eigenvalue weighted by molar-refractivity contribution is 5.20. The maximum atomic E-state index is 12.8. The quantitative estimate of drug-likeness (QED) is 0.529. The molecule has 9 heavy (non-hydrogen) atoms. The maximum absolute atomic E-state index is 12.8. The van der Waals surface area contributed by atoms with Gasteiger partial charge in [-0.2, -0.15) is 0 Å². The van der Waals surface area contributed by atoms with Gasteiger partial charge >= 0.3 is 0 Å². The van der Waals surface area contributed by atoms with E-state index < -0.39 is 5.67 Å². The van der Waals surface area contributed by atoms with Crippen molar-refractivity contribution in [2.75, 3.05) is 0 Å². The fraction of sp³-hybridized carbons (Fsp3) is 0.429. The molecule has 0 saturated carbocycles. The Morgan fingerprint density at radius 1 is 1.78 bits per heavy atom. The molecule has 0 aromatic heterocycles. The molecule has 0 aliphatic heterocycles. The minimum absolute atomic E-state index is 0.101. The molecular formula is C7H9FO. The molecule has 50 valence electrons. The Labute approximate surface area is 53.5 Å². The van der Waals surface area contributed by atoms with Gasteiger partial charge in [-0.25, -0.2) is 4.39 Å². The topological polar surface area (TPSA) is 20.2 Å². The van der Waals surface area contributed by atoms with Crippen molar-refractivity contribution < 1.29 is 9.50 Å². The number of rotatable bonds is 0. The maximum Gasteiger partial charge on any atom is 0.133 e. The lowest BCUT2D eigenvalue weighted by atomic mass is 9.99. The first-order valence-corrected chi connectivity index (χ1v) is 2.86. The summed E-state index contributed by atoms with van der Waals surface area (Å²) >= 11 is 0. The largest absolute Gasteiger partial charge is 0.512 e. The minimum atomic E-state index is -1.35. The number of alkyl halides is 1. The molecule has 1 N–H and O–H groups in total. The summed E-state index contributed by atoms with van der Waals surface area (Å²) in [5.74, 6) is 0.113. The van der Waals surface area contributed by atoms with Crippen LogP contribution >= 0.6 is 0 Å². The molecule has 0 aromatic rings. The van der Waals surface area contributed by atoms with E-state index in [2.05, 4.69) is 0 Å². The lowest BCUT2D eigenvalue weighted by Crippen LogP contribution is -2.16. The average Bonchev–Trinajstić information content (AvgIpc) is 1.60. The number of halogens is 1. The highest BCUT2D eigenvalue weighted by Gasteiger charge is 2.22. The number of allylic oxidation sites excluding steroid dienone is 4. The second kappa shape index (κ2) is 1.87. The van der Waals surface area contributed by atoms with Gasteiger partial charge in [0.15, 0.2) is 0 Å². The van der Waals surface area contributed by atoms with Gasteiger partial charge in [-0.05, 0) is 19.1 Å². The van der Waals surface area contributed by atoms with Crippen LogP contribution in [0.5, 0.6) is 0 Å². The first-order chi connectivity index (χ1) is 4.10. The third kappa shape index (κ3) is 1.56. The van der Waals surface area contributed by atoms with E-state index in [1.807, 2.05) is 0 Å². The molecule has 2 heteroatoms. The molecule has 1 nitrogen and oxygen atoms in total. The van der Waals surface area contributed by atoms with Crippen LogP contribution < -0.4 is 0 Å². The van der Waals surface area contributed by atoms with E-state index in [9.17, 15) is 4.39 Å². The van der Waals surface area contributed by atoms with E-state index in [4.69, 9.17) is 5.11 Å². The van der Waals surface area contributed by atoms with Crippen LogP contribution in [-0.2, 0) is 0 Å². The monoisotopic (exact) mass is 128 g/mol. The molecule has 0 saturated heterocycles. The van der Waals surface area contributed by atoms with Crippen molar-refractivity contribution in [1.29, 1.82) is 0 Å². The van der Waals surface area contributed by atoms with Crippen molar-refractivity contribution in [3.63, 3.8) is 0 Å². The summed E-state index contributed by atoms with van der Waals surface area (Å²) in [7, 11) is 0. The van der Waals surface area contributed by atoms with E-state index in [1.54, 1.807) is 0 Å². The molecule has 1 unspecified atom stereocenters. The molecule has 0 aromatic carbocycles. The van der Waals surface area contributed by atoms with Gasteiger partial charge in [-0.15, -0.1) is 0 Å². The Balaban J connectivity index is 2.73. The molecule has 1 atom stereocenters. The Morgan fingerprint density at radius 3 is 2.78 bits per heavy atom. The van der Waals surface area contributed by atoms with Crippen LogP contribution in [0, 0.1) is 0 Å². The Hall–Kier alpha value is -0.790. The van der Waals surface area contributed by atoms with Gasteiger partial charge in [0.1, 0.15) is 5.67 Å². The lowest BCUT2D eigenvalue weighted by molar-refractivity contribution is 0.219. The van der Waals surface area contributed by atoms with Gasteiger partial charge < -0.3 is 5.11 Å². The Morgan fingerprint density at radius 2 is 2.44 bits per heavy atom. The van der Waals surface area contributed by atoms with Gasteiger partial charge in [0.2, 0.25) is 0 Å². The highest BCUT2D eigenvalue weighted by atomic mass is 19.1. The van der Waals surface area contributed by atoms with Gasteiger partial charge in [0.05, 0.1) is 5.76 Å². The molecule has 1 rings (SSSR count). The van der Waals surface area contributed by atoms with Crippen molar-refractivity contribution in [2.24, 2.45) is 0 Å². The summed E-state index contributed by atoms with van der Waals surface area (Å²) in [5.41, 5.74) is -1.35. The first kappa shape index (κ1) is 6.33. The van der Waals surface area contributed by atoms with Crippen molar-refractivity contribution >= 4 is 0 Å². The summed E-state index contributed by atoms with van der Waals surface area (Å²) in [6.45, 7) is 1.44. The SMILES string of the molecule is CC1(F)C=CC=C(O)C1. The predicted octanol–water partition coefficient (Wildman–Crippen LogP) is 2.12. The Kier molecular flexibility index (Phi) is 1.31. The summed E-state index contributed by atoms with van der Waals surface area (Å²) < 4.78 is 12.8. The molecule has 0 amide bonds. The highest BCUT2D eigenvalue weighted by Crippen LogP contribution is 2.24. The fourth-order valence-electron chi connectivity index (χ4n) is 0.832. The molecule has 0 radical (unpaired) electrons.